The van der Waals surface area contributed by atoms with Gasteiger partial charge in [-0.1, -0.05) is 25.7 Å². The molecule has 25 heavy (non-hydrogen) atoms. The minimum atomic E-state index is -3.49. The second-order valence-electron chi connectivity index (χ2n) is 7.31. The number of urea groups is 1. The van der Waals surface area contributed by atoms with Gasteiger partial charge in [0.15, 0.2) is 0 Å². The molecular weight excluding hydrogens is 338 g/mol. The van der Waals surface area contributed by atoms with Crippen LogP contribution >= 0.6 is 0 Å². The van der Waals surface area contributed by atoms with Gasteiger partial charge in [-0.3, -0.25) is 0 Å². The van der Waals surface area contributed by atoms with Crippen LogP contribution < -0.4 is 15.4 Å². The molecule has 2 fully saturated rings. The monoisotopic (exact) mass is 365 g/mol. The summed E-state index contributed by atoms with van der Waals surface area (Å²) >= 11 is 0. The summed E-state index contributed by atoms with van der Waals surface area (Å²) in [7, 11) is -3.49. The lowest BCUT2D eigenvalue weighted by Gasteiger charge is -2.15. The fourth-order valence-electron chi connectivity index (χ4n) is 3.35. The lowest BCUT2D eigenvalue weighted by atomic mass is 10.2. The van der Waals surface area contributed by atoms with Gasteiger partial charge in [-0.15, -0.1) is 0 Å². The van der Waals surface area contributed by atoms with Gasteiger partial charge in [0.25, 0.3) is 0 Å². The molecule has 2 saturated carbocycles. The molecule has 138 valence electrons. The predicted molar refractivity (Wildman–Crippen MR) is 98.0 cm³/mol. The van der Waals surface area contributed by atoms with E-state index in [9.17, 15) is 13.2 Å². The number of hydrogen-bond donors (Lipinski definition) is 3. The smallest absolute Gasteiger partial charge is 0.319 e. The zero-order valence-electron chi connectivity index (χ0n) is 14.6. The van der Waals surface area contributed by atoms with Crippen molar-refractivity contribution in [3.8, 4) is 0 Å². The van der Waals surface area contributed by atoms with Crippen LogP contribution in [0.4, 0.5) is 10.5 Å². The molecule has 0 aromatic heterocycles. The maximum atomic E-state index is 12.4. The summed E-state index contributed by atoms with van der Waals surface area (Å²) in [5, 5.41) is 5.67. The molecule has 2 aliphatic rings. The fourth-order valence-corrected chi connectivity index (χ4v) is 4.66. The molecule has 3 rings (SSSR count). The Morgan fingerprint density at radius 3 is 2.36 bits per heavy atom. The van der Waals surface area contributed by atoms with Crippen LogP contribution in [-0.2, 0) is 10.0 Å². The molecule has 0 radical (unpaired) electrons. The first-order valence-corrected chi connectivity index (χ1v) is 10.6. The molecule has 1 atom stereocenters. The first kappa shape index (κ1) is 18.2. The highest BCUT2D eigenvalue weighted by Crippen LogP contribution is 2.33. The highest BCUT2D eigenvalue weighted by atomic mass is 32.2. The quantitative estimate of drug-likeness (QED) is 0.693. The van der Waals surface area contributed by atoms with Crippen molar-refractivity contribution in [1.29, 1.82) is 0 Å². The number of nitrogens with one attached hydrogen (secondary N) is 3. The minimum Gasteiger partial charge on any atom is -0.335 e. The molecule has 6 nitrogen and oxygen atoms in total. The molecule has 2 aliphatic carbocycles. The van der Waals surface area contributed by atoms with Crippen molar-refractivity contribution >= 4 is 21.7 Å². The summed E-state index contributed by atoms with van der Waals surface area (Å²) in [6.07, 6.45) is 7.49. The van der Waals surface area contributed by atoms with Crippen molar-refractivity contribution in [2.75, 3.05) is 5.32 Å². The van der Waals surface area contributed by atoms with Crippen LogP contribution in [0.1, 0.15) is 51.9 Å². The summed E-state index contributed by atoms with van der Waals surface area (Å²) in [6, 6.07) is 6.22. The average molecular weight is 365 g/mol. The highest BCUT2D eigenvalue weighted by Gasteiger charge is 2.24. The number of amides is 2. The standard InChI is InChI=1S/C18H27N3O3S/c1-13(12-14-6-7-14)19-18(22)20-15-8-10-17(11-9-15)25(23,24)21-16-4-2-3-5-16/h8-11,13-14,16,21H,2-7,12H2,1H3,(H2,19,20,22)/t13-/m1/s1. The van der Waals surface area contributed by atoms with Crippen LogP contribution in [0.15, 0.2) is 29.2 Å². The first-order valence-electron chi connectivity index (χ1n) is 9.12. The van der Waals surface area contributed by atoms with Crippen molar-refractivity contribution in [2.45, 2.75) is 68.8 Å². The normalized spacial score (nSPS) is 19.6. The first-order chi connectivity index (χ1) is 11.9. The van der Waals surface area contributed by atoms with Crippen LogP contribution in [0.2, 0.25) is 0 Å². The van der Waals surface area contributed by atoms with Crippen LogP contribution in [0, 0.1) is 5.92 Å². The number of sulfonamides is 1. The van der Waals surface area contributed by atoms with Crippen molar-refractivity contribution in [2.24, 2.45) is 5.92 Å². The molecule has 0 unspecified atom stereocenters. The van der Waals surface area contributed by atoms with Gasteiger partial charge < -0.3 is 10.6 Å². The van der Waals surface area contributed by atoms with E-state index in [0.717, 1.165) is 38.0 Å². The second-order valence-corrected chi connectivity index (χ2v) is 9.02. The van der Waals surface area contributed by atoms with Crippen molar-refractivity contribution in [3.05, 3.63) is 24.3 Å². The molecule has 1 aromatic carbocycles. The van der Waals surface area contributed by atoms with Gasteiger partial charge in [0.2, 0.25) is 10.0 Å². The zero-order chi connectivity index (χ0) is 17.9. The molecule has 0 saturated heterocycles. The Labute approximate surface area is 149 Å². The largest absolute Gasteiger partial charge is 0.335 e. The number of carbonyl (C=O) groups excluding carboxylic acids is 1. The molecular formula is C18H27N3O3S. The van der Waals surface area contributed by atoms with Gasteiger partial charge in [-0.05, 0) is 56.4 Å². The summed E-state index contributed by atoms with van der Waals surface area (Å²) in [4.78, 5) is 12.2. The SMILES string of the molecule is C[C@H](CC1CC1)NC(=O)Nc1ccc(S(=O)(=O)NC2CCCC2)cc1. The van der Waals surface area contributed by atoms with E-state index in [2.05, 4.69) is 15.4 Å². The summed E-state index contributed by atoms with van der Waals surface area (Å²) in [5.41, 5.74) is 0.580. The number of anilines is 1. The minimum absolute atomic E-state index is 0.0431. The average Bonchev–Trinajstić information content (AvgIpc) is 3.20. The van der Waals surface area contributed by atoms with Crippen LogP contribution in [0.3, 0.4) is 0 Å². The van der Waals surface area contributed by atoms with E-state index in [4.69, 9.17) is 0 Å². The lowest BCUT2D eigenvalue weighted by Crippen LogP contribution is -2.36. The van der Waals surface area contributed by atoms with Crippen LogP contribution in [0.5, 0.6) is 0 Å². The number of hydrogen-bond acceptors (Lipinski definition) is 3. The Morgan fingerprint density at radius 2 is 1.76 bits per heavy atom. The Balaban J connectivity index is 1.53. The van der Waals surface area contributed by atoms with Crippen molar-refractivity contribution in [3.63, 3.8) is 0 Å². The molecule has 2 amide bonds. The van der Waals surface area contributed by atoms with E-state index in [1.165, 1.54) is 25.0 Å². The van der Waals surface area contributed by atoms with Gasteiger partial charge >= 0.3 is 6.03 Å². The third-order valence-corrected chi connectivity index (χ3v) is 6.40. The van der Waals surface area contributed by atoms with E-state index < -0.39 is 10.0 Å². The van der Waals surface area contributed by atoms with Gasteiger partial charge in [0, 0.05) is 17.8 Å². The summed E-state index contributed by atoms with van der Waals surface area (Å²) < 4.78 is 27.5. The van der Waals surface area contributed by atoms with Crippen molar-refractivity contribution in [1.82, 2.24) is 10.0 Å². The topological polar surface area (TPSA) is 87.3 Å². The van der Waals surface area contributed by atoms with Gasteiger partial charge in [-0.2, -0.15) is 0 Å². The van der Waals surface area contributed by atoms with Crippen LogP contribution in [0.25, 0.3) is 0 Å². The third-order valence-electron chi connectivity index (χ3n) is 4.86. The lowest BCUT2D eigenvalue weighted by molar-refractivity contribution is 0.248. The Hall–Kier alpha value is -1.60. The maximum Gasteiger partial charge on any atom is 0.319 e. The molecule has 0 spiro atoms. The summed E-state index contributed by atoms with van der Waals surface area (Å²) in [6.45, 7) is 2.00. The van der Waals surface area contributed by atoms with Crippen molar-refractivity contribution < 1.29 is 13.2 Å². The maximum absolute atomic E-state index is 12.4. The molecule has 3 N–H and O–H groups in total. The number of rotatable bonds is 7. The number of benzene rings is 1. The molecule has 0 bridgehead atoms. The molecule has 7 heteroatoms. The van der Waals surface area contributed by atoms with E-state index in [-0.39, 0.29) is 23.0 Å². The Morgan fingerprint density at radius 1 is 1.12 bits per heavy atom. The molecule has 0 aliphatic heterocycles. The molecule has 1 aromatic rings. The third kappa shape index (κ3) is 5.44. The fraction of sp³-hybridized carbons (Fsp3) is 0.611. The number of carbonyl (C=O) groups is 1. The van der Waals surface area contributed by atoms with E-state index >= 15 is 0 Å². The Bertz CT molecular complexity index is 693. The van der Waals surface area contributed by atoms with E-state index in [1.54, 1.807) is 12.1 Å². The van der Waals surface area contributed by atoms with E-state index in [1.807, 2.05) is 6.92 Å². The van der Waals surface area contributed by atoms with Crippen LogP contribution in [-0.4, -0.2) is 26.5 Å². The summed E-state index contributed by atoms with van der Waals surface area (Å²) in [5.74, 6) is 0.757. The van der Waals surface area contributed by atoms with E-state index in [0.29, 0.717) is 5.69 Å². The van der Waals surface area contributed by atoms with Gasteiger partial charge in [-0.25, -0.2) is 17.9 Å². The highest BCUT2D eigenvalue weighted by molar-refractivity contribution is 7.89. The Kier molecular flexibility index (Phi) is 5.64. The zero-order valence-corrected chi connectivity index (χ0v) is 15.4. The molecule has 0 heterocycles. The predicted octanol–water partition coefficient (Wildman–Crippen LogP) is 3.22. The van der Waals surface area contributed by atoms with Gasteiger partial charge in [0.1, 0.15) is 0 Å². The van der Waals surface area contributed by atoms with Gasteiger partial charge in [0.05, 0.1) is 4.90 Å². The second kappa shape index (κ2) is 7.74.